The summed E-state index contributed by atoms with van der Waals surface area (Å²) in [4.78, 5) is 51.2. The van der Waals surface area contributed by atoms with E-state index in [-0.39, 0.29) is 12.1 Å². The van der Waals surface area contributed by atoms with Gasteiger partial charge in [0.2, 0.25) is 11.8 Å². The fourth-order valence-corrected chi connectivity index (χ4v) is 9.37. The lowest BCUT2D eigenvalue weighted by Gasteiger charge is -2.12. The number of nitrogens with zero attached hydrogens (tertiary/aromatic N) is 5. The molecule has 0 atom stereocenters. The van der Waals surface area contributed by atoms with Gasteiger partial charge in [0.1, 0.15) is 11.5 Å². The Labute approximate surface area is 408 Å². The predicted molar refractivity (Wildman–Crippen MR) is 278 cm³/mol. The number of amides is 6. The van der Waals surface area contributed by atoms with Gasteiger partial charge in [-0.3, -0.25) is 9.59 Å². The molecule has 16 nitrogen and oxygen atoms in total. The zero-order valence-corrected chi connectivity index (χ0v) is 40.3. The van der Waals surface area contributed by atoms with Gasteiger partial charge >= 0.3 is 12.1 Å². The molecule has 4 aromatic heterocycles. The molecular weight excluding hydrogens is 897 g/mol. The summed E-state index contributed by atoms with van der Waals surface area (Å²) in [7, 11) is 4.92. The van der Waals surface area contributed by atoms with Crippen LogP contribution in [0.3, 0.4) is 0 Å². The number of primary amides is 2. The highest BCUT2D eigenvalue weighted by molar-refractivity contribution is 6.21. The molecule has 0 unspecified atom stereocenters. The molecule has 10 aromatic rings. The Bertz CT molecular complexity index is 3680. The largest absolute Gasteiger partial charge is 0.366 e. The van der Waals surface area contributed by atoms with Crippen LogP contribution >= 0.6 is 0 Å². The van der Waals surface area contributed by atoms with E-state index in [1.54, 1.807) is 33.3 Å². The number of hydrogen-bond donors (Lipinski definition) is 5. The molecule has 71 heavy (non-hydrogen) atoms. The number of carbonyl (C=O) groups is 4. The monoisotopic (exact) mass is 948 g/mol. The van der Waals surface area contributed by atoms with Crippen LogP contribution in [0, 0.1) is 27.7 Å². The van der Waals surface area contributed by atoms with E-state index in [1.807, 2.05) is 107 Å². The summed E-state index contributed by atoms with van der Waals surface area (Å²) in [5.41, 5.74) is 24.4. The first-order valence-corrected chi connectivity index (χ1v) is 22.8. The average molecular weight is 949 g/mol. The Morgan fingerprint density at radius 3 is 1.35 bits per heavy atom. The van der Waals surface area contributed by atoms with Crippen LogP contribution < -0.4 is 27.4 Å². The quantitative estimate of drug-likeness (QED) is 0.0885. The molecule has 10 rings (SSSR count). The van der Waals surface area contributed by atoms with Crippen molar-refractivity contribution in [2.24, 2.45) is 11.5 Å². The van der Waals surface area contributed by atoms with Crippen LogP contribution in [-0.2, 0) is 13.1 Å². The molecule has 0 aliphatic carbocycles. The van der Waals surface area contributed by atoms with Crippen LogP contribution in [0.25, 0.3) is 65.9 Å². The second-order valence-corrected chi connectivity index (χ2v) is 17.6. The van der Waals surface area contributed by atoms with Crippen molar-refractivity contribution in [3.05, 3.63) is 166 Å². The lowest BCUT2D eigenvalue weighted by molar-refractivity contribution is 0.0993. The van der Waals surface area contributed by atoms with Gasteiger partial charge in [-0.25, -0.2) is 9.59 Å². The number of carbonyl (C=O) groups excluding carboxylic acids is 4. The minimum absolute atomic E-state index is 0.238. The number of benzene rings is 6. The lowest BCUT2D eigenvalue weighted by atomic mass is 9.97. The third kappa shape index (κ3) is 9.01. The van der Waals surface area contributed by atoms with Gasteiger partial charge in [0, 0.05) is 100 Å². The van der Waals surface area contributed by atoms with Crippen LogP contribution in [0.2, 0.25) is 0 Å². The summed E-state index contributed by atoms with van der Waals surface area (Å²) in [6.07, 6.45) is 0. The van der Waals surface area contributed by atoms with Crippen molar-refractivity contribution in [2.75, 3.05) is 31.8 Å². The maximum absolute atomic E-state index is 12.8. The van der Waals surface area contributed by atoms with E-state index in [0.29, 0.717) is 47.1 Å². The predicted octanol–water partition coefficient (Wildman–Crippen LogP) is 10.3. The van der Waals surface area contributed by atoms with Crippen molar-refractivity contribution in [3.63, 3.8) is 0 Å². The first kappa shape index (κ1) is 46.9. The van der Waals surface area contributed by atoms with Gasteiger partial charge in [0.15, 0.2) is 0 Å². The van der Waals surface area contributed by atoms with Gasteiger partial charge in [-0.15, -0.1) is 0 Å². The molecule has 0 aliphatic heterocycles. The molecule has 6 amide bonds. The first-order valence-electron chi connectivity index (χ1n) is 22.8. The minimum atomic E-state index is -0.535. The minimum Gasteiger partial charge on any atom is -0.366 e. The number of fused-ring (bicyclic) bond motifs is 6. The molecule has 6 aromatic carbocycles. The van der Waals surface area contributed by atoms with E-state index < -0.39 is 11.8 Å². The van der Waals surface area contributed by atoms with E-state index in [4.69, 9.17) is 20.5 Å². The molecule has 0 aliphatic rings. The van der Waals surface area contributed by atoms with Crippen molar-refractivity contribution in [1.82, 2.24) is 29.7 Å². The Kier molecular flexibility index (Phi) is 12.6. The Morgan fingerprint density at radius 1 is 0.563 bits per heavy atom. The van der Waals surface area contributed by atoms with E-state index in [1.165, 1.54) is 4.90 Å². The molecule has 0 fully saturated rings. The summed E-state index contributed by atoms with van der Waals surface area (Å²) in [6, 6.07) is 38.7. The fraction of sp³-hybridized carbons (Fsp3) is 0.164. The lowest BCUT2D eigenvalue weighted by Crippen LogP contribution is -2.27. The van der Waals surface area contributed by atoms with Crippen molar-refractivity contribution < 1.29 is 28.2 Å². The zero-order valence-electron chi connectivity index (χ0n) is 40.3. The maximum Gasteiger partial charge on any atom is 0.321 e. The number of nitrogens with two attached hydrogens (primary N) is 2. The molecule has 0 bridgehead atoms. The Hall–Kier alpha value is -9.18. The smallest absolute Gasteiger partial charge is 0.321 e. The molecule has 358 valence electrons. The number of aryl methyl sites for hydroxylation is 4. The summed E-state index contributed by atoms with van der Waals surface area (Å²) >= 11 is 0. The highest BCUT2D eigenvalue weighted by Gasteiger charge is 2.24. The fourth-order valence-electron chi connectivity index (χ4n) is 9.37. The second kappa shape index (κ2) is 19.1. The zero-order chi connectivity index (χ0) is 50.2. The second-order valence-electron chi connectivity index (χ2n) is 17.6. The topological polar surface area (TPSA) is 222 Å². The van der Waals surface area contributed by atoms with Crippen LogP contribution in [0.15, 0.2) is 130 Å². The third-order valence-electron chi connectivity index (χ3n) is 12.6. The first-order chi connectivity index (χ1) is 34.1. The van der Waals surface area contributed by atoms with Crippen molar-refractivity contribution in [2.45, 2.75) is 40.8 Å². The van der Waals surface area contributed by atoms with Crippen LogP contribution in [-0.4, -0.2) is 69.4 Å². The molecule has 0 radical (unpaired) electrons. The molecule has 0 spiro atoms. The highest BCUT2D eigenvalue weighted by atomic mass is 16.5. The van der Waals surface area contributed by atoms with Crippen LogP contribution in [0.5, 0.6) is 0 Å². The van der Waals surface area contributed by atoms with Crippen molar-refractivity contribution >= 4 is 78.9 Å². The van der Waals surface area contributed by atoms with E-state index in [9.17, 15) is 19.2 Å². The molecule has 0 saturated carbocycles. The summed E-state index contributed by atoms with van der Waals surface area (Å²) in [6.45, 7) is 8.62. The van der Waals surface area contributed by atoms with E-state index >= 15 is 0 Å². The van der Waals surface area contributed by atoms with E-state index in [0.717, 1.165) is 88.4 Å². The number of hydrogen-bond acceptors (Lipinski definition) is 8. The number of nitrogens with one attached hydrogen (secondary N) is 3. The SMILES string of the molecule is CNC(=O)Nc1ccc2c(c1)c1c(C(N)=O)cc(-c3c(C)noc3C)cc1n2Cc1ccccc1.Cc1noc(C)c1-c1cc(C(N)=O)c2c3cc(NC(=O)N(C)C)ccc3n(Cc3ccccc3)c2c1. The van der Waals surface area contributed by atoms with Gasteiger partial charge in [-0.2, -0.15) is 0 Å². The standard InChI is InChI=1S/C28H27N5O3.C27H25N5O3/c1-16-25(17(2)36-31-16)19-12-22(27(29)34)26-21-14-20(30-28(35)32(3)4)10-11-23(21)33(24(26)13-19)15-18-8-6-5-7-9-18;1-15-24(16(2)35-31-15)18-11-21(26(28)33)25-20-13-19(30-27(34)29-3)9-10-22(20)32(23(25)12-18)14-17-7-5-4-6-8-17/h5-14H,15H2,1-4H3,(H2,29,34)(H,30,35);4-13H,14H2,1-3H3,(H2,28,33)(H2,29,30,34). The van der Waals surface area contributed by atoms with Crippen LogP contribution in [0.4, 0.5) is 21.0 Å². The molecule has 4 heterocycles. The molecule has 0 saturated heterocycles. The number of anilines is 2. The summed E-state index contributed by atoms with van der Waals surface area (Å²) in [5.74, 6) is 0.267. The number of urea groups is 2. The molecular formula is C55H52N10O6. The van der Waals surface area contributed by atoms with Gasteiger partial charge in [-0.05, 0) is 111 Å². The van der Waals surface area contributed by atoms with Gasteiger partial charge in [0.05, 0.1) is 22.4 Å². The Morgan fingerprint density at radius 2 is 0.986 bits per heavy atom. The highest BCUT2D eigenvalue weighted by Crippen LogP contribution is 2.40. The van der Waals surface area contributed by atoms with Crippen molar-refractivity contribution in [1.29, 1.82) is 0 Å². The number of aromatic nitrogens is 4. The normalized spacial score (nSPS) is 11.2. The van der Waals surface area contributed by atoms with Gasteiger partial charge in [-0.1, -0.05) is 71.0 Å². The molecule has 16 heteroatoms. The summed E-state index contributed by atoms with van der Waals surface area (Å²) < 4.78 is 15.1. The average Bonchev–Trinajstić information content (AvgIpc) is 4.07. The van der Waals surface area contributed by atoms with Gasteiger partial charge in [0.25, 0.3) is 0 Å². The molecule has 7 N–H and O–H groups in total. The van der Waals surface area contributed by atoms with Gasteiger partial charge < -0.3 is 50.5 Å². The van der Waals surface area contributed by atoms with Crippen LogP contribution in [0.1, 0.15) is 54.8 Å². The maximum atomic E-state index is 12.8. The number of rotatable bonds is 10. The van der Waals surface area contributed by atoms with E-state index in [2.05, 4.69) is 65.7 Å². The van der Waals surface area contributed by atoms with Crippen molar-refractivity contribution in [3.8, 4) is 22.3 Å². The third-order valence-corrected chi connectivity index (χ3v) is 12.6. The summed E-state index contributed by atoms with van der Waals surface area (Å²) in [5, 5.41) is 19.6. The Balaban J connectivity index is 0.000000176.